The lowest BCUT2D eigenvalue weighted by atomic mass is 9.60. The molecule has 3 saturated carbocycles. The van der Waals surface area contributed by atoms with Crippen molar-refractivity contribution < 1.29 is 20.4 Å². The van der Waals surface area contributed by atoms with Gasteiger partial charge in [0, 0.05) is 6.42 Å². The van der Waals surface area contributed by atoms with E-state index < -0.39 is 23.9 Å². The van der Waals surface area contributed by atoms with Gasteiger partial charge < -0.3 is 20.4 Å². The Labute approximate surface area is 206 Å². The molecule has 0 spiro atoms. The van der Waals surface area contributed by atoms with Gasteiger partial charge in [-0.05, 0) is 105 Å². The highest BCUT2D eigenvalue weighted by Gasteiger charge is 2.54. The quantitative estimate of drug-likeness (QED) is 0.384. The summed E-state index contributed by atoms with van der Waals surface area (Å²) in [6.45, 7) is 16.0. The molecule has 4 heteroatoms. The van der Waals surface area contributed by atoms with E-state index in [2.05, 4.69) is 51.0 Å². The van der Waals surface area contributed by atoms with Crippen molar-refractivity contribution >= 4 is 0 Å². The van der Waals surface area contributed by atoms with Crippen molar-refractivity contribution in [2.24, 2.45) is 29.1 Å². The van der Waals surface area contributed by atoms with Gasteiger partial charge in [-0.2, -0.15) is 0 Å². The number of hydrogen-bond donors (Lipinski definition) is 4. The van der Waals surface area contributed by atoms with Crippen LogP contribution in [0, 0.1) is 29.1 Å². The molecule has 190 valence electrons. The van der Waals surface area contributed by atoms with Crippen LogP contribution in [0.3, 0.4) is 0 Å². The first-order valence-corrected chi connectivity index (χ1v) is 13.1. The lowest BCUT2D eigenvalue weighted by Crippen LogP contribution is -2.39. The van der Waals surface area contributed by atoms with Crippen LogP contribution < -0.4 is 0 Å². The van der Waals surface area contributed by atoms with Gasteiger partial charge in [0.2, 0.25) is 0 Å². The molecule has 0 amide bonds. The number of aliphatic hydroxyl groups is 4. The largest absolute Gasteiger partial charge is 0.393 e. The predicted octanol–water partition coefficient (Wildman–Crippen LogP) is 5.24. The Balaban J connectivity index is 1.85. The van der Waals surface area contributed by atoms with Crippen LogP contribution in [0.15, 0.2) is 53.8 Å². The van der Waals surface area contributed by atoms with Crippen LogP contribution in [0.4, 0.5) is 0 Å². The molecular weight excluding hydrogens is 424 g/mol. The predicted molar refractivity (Wildman–Crippen MR) is 138 cm³/mol. The standard InChI is InChI=1S/C30H46O4/c1-7-9-23-17-25-21(12-13-22-16-24(31)18-26(32)20(22)3)10-8-15-30(25,6)28(23)19(2)11-14-27(33)29(4,5)34/h9,12-13,19,23-28,31-34H,1,3,8,10-11,14-18H2,2,4-6H3/b21-12+,22-13-/t19-,23?,24-,25?,26?,27?,28+,30+/m1/s1. The summed E-state index contributed by atoms with van der Waals surface area (Å²) >= 11 is 0. The first-order chi connectivity index (χ1) is 15.9. The highest BCUT2D eigenvalue weighted by Crippen LogP contribution is 2.62. The minimum Gasteiger partial charge on any atom is -0.393 e. The first-order valence-electron chi connectivity index (χ1n) is 13.1. The van der Waals surface area contributed by atoms with Gasteiger partial charge in [0.15, 0.2) is 0 Å². The molecule has 0 heterocycles. The summed E-state index contributed by atoms with van der Waals surface area (Å²) in [7, 11) is 0. The van der Waals surface area contributed by atoms with Crippen molar-refractivity contribution in [2.75, 3.05) is 0 Å². The number of allylic oxidation sites excluding steroid dienone is 4. The molecule has 0 aromatic heterocycles. The molecule has 0 bridgehead atoms. The second-order valence-electron chi connectivity index (χ2n) is 12.0. The van der Waals surface area contributed by atoms with Gasteiger partial charge in [0.1, 0.15) is 0 Å². The van der Waals surface area contributed by atoms with Crippen molar-refractivity contribution in [1.29, 1.82) is 0 Å². The maximum Gasteiger partial charge on any atom is 0.0849 e. The Morgan fingerprint density at radius 3 is 2.56 bits per heavy atom. The summed E-state index contributed by atoms with van der Waals surface area (Å²) in [5, 5.41) is 40.9. The number of aliphatic hydroxyl groups excluding tert-OH is 3. The number of fused-ring (bicyclic) bond motifs is 1. The molecule has 0 aromatic rings. The van der Waals surface area contributed by atoms with E-state index >= 15 is 0 Å². The van der Waals surface area contributed by atoms with Crippen LogP contribution in [0.25, 0.3) is 0 Å². The van der Waals surface area contributed by atoms with Crippen molar-refractivity contribution in [2.45, 2.75) is 103 Å². The third-order valence-corrected chi connectivity index (χ3v) is 9.08. The molecule has 3 fully saturated rings. The van der Waals surface area contributed by atoms with E-state index in [1.54, 1.807) is 13.8 Å². The first kappa shape index (κ1) is 27.2. The fourth-order valence-electron chi connectivity index (χ4n) is 7.19. The van der Waals surface area contributed by atoms with E-state index in [1.165, 1.54) is 12.0 Å². The molecule has 34 heavy (non-hydrogen) atoms. The Morgan fingerprint density at radius 2 is 1.91 bits per heavy atom. The third-order valence-electron chi connectivity index (χ3n) is 9.08. The average molecular weight is 471 g/mol. The fourth-order valence-corrected chi connectivity index (χ4v) is 7.19. The van der Waals surface area contributed by atoms with Crippen LogP contribution in [0.1, 0.15) is 79.1 Å². The van der Waals surface area contributed by atoms with E-state index in [4.69, 9.17) is 0 Å². The van der Waals surface area contributed by atoms with Crippen molar-refractivity contribution in [3.8, 4) is 0 Å². The summed E-state index contributed by atoms with van der Waals surface area (Å²) in [6.07, 6.45) is 11.4. The highest BCUT2D eigenvalue weighted by molar-refractivity contribution is 5.39. The van der Waals surface area contributed by atoms with Gasteiger partial charge in [-0.15, -0.1) is 5.73 Å². The maximum atomic E-state index is 10.4. The molecule has 3 aliphatic carbocycles. The minimum absolute atomic E-state index is 0.155. The molecule has 0 aliphatic heterocycles. The van der Waals surface area contributed by atoms with E-state index in [1.807, 2.05) is 0 Å². The lowest BCUT2D eigenvalue weighted by molar-refractivity contribution is -0.0558. The van der Waals surface area contributed by atoms with Crippen molar-refractivity contribution in [3.05, 3.63) is 53.8 Å². The zero-order valence-corrected chi connectivity index (χ0v) is 21.6. The monoisotopic (exact) mass is 470 g/mol. The van der Waals surface area contributed by atoms with E-state index in [-0.39, 0.29) is 5.41 Å². The van der Waals surface area contributed by atoms with Gasteiger partial charge in [0.05, 0.1) is 23.9 Å². The average Bonchev–Trinajstić information content (AvgIpc) is 3.05. The Bertz CT molecular complexity index is 856. The molecule has 8 atom stereocenters. The Kier molecular flexibility index (Phi) is 8.54. The molecule has 0 radical (unpaired) electrons. The van der Waals surface area contributed by atoms with E-state index in [0.29, 0.717) is 42.9 Å². The fraction of sp³-hybridized carbons (Fsp3) is 0.700. The van der Waals surface area contributed by atoms with E-state index in [9.17, 15) is 20.4 Å². The molecule has 4 unspecified atom stereocenters. The van der Waals surface area contributed by atoms with Crippen LogP contribution in [-0.4, -0.2) is 44.3 Å². The van der Waals surface area contributed by atoms with Crippen LogP contribution in [-0.2, 0) is 0 Å². The van der Waals surface area contributed by atoms with Crippen LogP contribution in [0.2, 0.25) is 0 Å². The summed E-state index contributed by atoms with van der Waals surface area (Å²) in [5.74, 6) is 1.73. The third kappa shape index (κ3) is 5.69. The topological polar surface area (TPSA) is 80.9 Å². The number of rotatable bonds is 7. The van der Waals surface area contributed by atoms with Gasteiger partial charge in [-0.3, -0.25) is 0 Å². The molecule has 0 saturated heterocycles. The molecule has 3 aliphatic rings. The van der Waals surface area contributed by atoms with Gasteiger partial charge in [-0.1, -0.05) is 44.7 Å². The SMILES string of the molecule is C=C=CC1CC2/C(=C/C=C3/C[C@@H](O)CC(O)C3=C)CCC[C@]2(C)[C@H]1[C@H](C)CCC(O)C(C)(C)O. The van der Waals surface area contributed by atoms with Gasteiger partial charge in [-0.25, -0.2) is 0 Å². The van der Waals surface area contributed by atoms with Crippen LogP contribution in [0.5, 0.6) is 0 Å². The zero-order valence-electron chi connectivity index (χ0n) is 21.6. The summed E-state index contributed by atoms with van der Waals surface area (Å²) in [4.78, 5) is 0. The summed E-state index contributed by atoms with van der Waals surface area (Å²) in [5.41, 5.74) is 5.28. The van der Waals surface area contributed by atoms with Gasteiger partial charge in [0.25, 0.3) is 0 Å². The smallest absolute Gasteiger partial charge is 0.0849 e. The van der Waals surface area contributed by atoms with E-state index in [0.717, 1.165) is 36.8 Å². The molecule has 4 N–H and O–H groups in total. The molecular formula is C30H46O4. The minimum atomic E-state index is -1.08. The summed E-state index contributed by atoms with van der Waals surface area (Å²) < 4.78 is 0. The molecule has 0 aromatic carbocycles. The maximum absolute atomic E-state index is 10.4. The highest BCUT2D eigenvalue weighted by atomic mass is 16.3. The summed E-state index contributed by atoms with van der Waals surface area (Å²) in [6, 6.07) is 0. The van der Waals surface area contributed by atoms with Crippen molar-refractivity contribution in [1.82, 2.24) is 0 Å². The Morgan fingerprint density at radius 1 is 1.21 bits per heavy atom. The second-order valence-corrected chi connectivity index (χ2v) is 12.0. The normalized spacial score (nSPS) is 38.5. The second kappa shape index (κ2) is 10.7. The van der Waals surface area contributed by atoms with Crippen LogP contribution >= 0.6 is 0 Å². The van der Waals surface area contributed by atoms with Crippen molar-refractivity contribution in [3.63, 3.8) is 0 Å². The van der Waals surface area contributed by atoms with Gasteiger partial charge >= 0.3 is 0 Å². The Hall–Kier alpha value is -1.42. The zero-order chi connectivity index (χ0) is 25.3. The lowest BCUT2D eigenvalue weighted by Gasteiger charge is -2.45. The molecule has 4 nitrogen and oxygen atoms in total. The number of hydrogen-bond acceptors (Lipinski definition) is 4. The molecule has 3 rings (SSSR count).